The SMILES string of the molecule is CNCc1ccc(NS(=O)(=O)CC2CC2)cc1. The van der Waals surface area contributed by atoms with Crippen molar-refractivity contribution in [2.24, 2.45) is 5.92 Å². The lowest BCUT2D eigenvalue weighted by Crippen LogP contribution is -2.17. The van der Waals surface area contributed by atoms with Crippen LogP contribution < -0.4 is 10.0 Å². The summed E-state index contributed by atoms with van der Waals surface area (Å²) < 4.78 is 26.1. The van der Waals surface area contributed by atoms with Crippen LogP contribution >= 0.6 is 0 Å². The van der Waals surface area contributed by atoms with Gasteiger partial charge in [-0.05, 0) is 43.5 Å². The molecular formula is C12H18N2O2S. The van der Waals surface area contributed by atoms with Gasteiger partial charge in [0, 0.05) is 12.2 Å². The minimum Gasteiger partial charge on any atom is -0.316 e. The third-order valence-electron chi connectivity index (χ3n) is 2.76. The van der Waals surface area contributed by atoms with E-state index in [1.54, 1.807) is 12.1 Å². The third-order valence-corrected chi connectivity index (χ3v) is 4.22. The summed E-state index contributed by atoms with van der Waals surface area (Å²) in [5, 5.41) is 3.05. The summed E-state index contributed by atoms with van der Waals surface area (Å²) in [5.41, 5.74) is 1.78. The quantitative estimate of drug-likeness (QED) is 0.810. The van der Waals surface area contributed by atoms with Crippen LogP contribution in [0.15, 0.2) is 24.3 Å². The summed E-state index contributed by atoms with van der Waals surface area (Å²) in [4.78, 5) is 0. The fraction of sp³-hybridized carbons (Fsp3) is 0.500. The van der Waals surface area contributed by atoms with Crippen molar-refractivity contribution in [2.45, 2.75) is 19.4 Å². The fourth-order valence-corrected chi connectivity index (χ4v) is 3.24. The Morgan fingerprint density at radius 3 is 2.41 bits per heavy atom. The minimum atomic E-state index is -3.16. The van der Waals surface area contributed by atoms with Crippen molar-refractivity contribution in [2.75, 3.05) is 17.5 Å². The molecule has 1 aromatic carbocycles. The molecule has 2 N–H and O–H groups in total. The Morgan fingerprint density at radius 1 is 1.24 bits per heavy atom. The van der Waals surface area contributed by atoms with E-state index in [0.29, 0.717) is 11.6 Å². The standard InChI is InChI=1S/C12H18N2O2S/c1-13-8-10-4-6-12(7-5-10)14-17(15,16)9-11-2-3-11/h4-7,11,13-14H,2-3,8-9H2,1H3. The van der Waals surface area contributed by atoms with Crippen molar-refractivity contribution < 1.29 is 8.42 Å². The van der Waals surface area contributed by atoms with Gasteiger partial charge in [0.1, 0.15) is 0 Å². The number of nitrogens with one attached hydrogen (secondary N) is 2. The highest BCUT2D eigenvalue weighted by Crippen LogP contribution is 2.30. The lowest BCUT2D eigenvalue weighted by molar-refractivity contribution is 0.597. The molecular weight excluding hydrogens is 236 g/mol. The molecule has 1 aromatic rings. The molecule has 1 aliphatic rings. The number of sulfonamides is 1. The van der Waals surface area contributed by atoms with E-state index in [2.05, 4.69) is 10.0 Å². The molecule has 0 saturated heterocycles. The molecule has 5 heteroatoms. The molecule has 1 saturated carbocycles. The first-order chi connectivity index (χ1) is 8.09. The van der Waals surface area contributed by atoms with Crippen LogP contribution in [-0.4, -0.2) is 21.2 Å². The van der Waals surface area contributed by atoms with Gasteiger partial charge in [0.2, 0.25) is 10.0 Å². The molecule has 0 radical (unpaired) electrons. The Balaban J connectivity index is 1.97. The van der Waals surface area contributed by atoms with E-state index < -0.39 is 10.0 Å². The van der Waals surface area contributed by atoms with E-state index >= 15 is 0 Å². The van der Waals surface area contributed by atoms with E-state index in [9.17, 15) is 8.42 Å². The van der Waals surface area contributed by atoms with E-state index in [1.165, 1.54) is 0 Å². The van der Waals surface area contributed by atoms with Crippen LogP contribution in [0.25, 0.3) is 0 Å². The summed E-state index contributed by atoms with van der Waals surface area (Å²) in [6.45, 7) is 0.787. The van der Waals surface area contributed by atoms with E-state index in [-0.39, 0.29) is 5.75 Å². The second kappa shape index (κ2) is 5.06. The lowest BCUT2D eigenvalue weighted by atomic mass is 10.2. The first-order valence-corrected chi connectivity index (χ1v) is 7.48. The van der Waals surface area contributed by atoms with Gasteiger partial charge in [-0.2, -0.15) is 0 Å². The molecule has 0 heterocycles. The molecule has 0 aliphatic heterocycles. The van der Waals surface area contributed by atoms with Crippen molar-refractivity contribution >= 4 is 15.7 Å². The first kappa shape index (κ1) is 12.4. The predicted octanol–water partition coefficient (Wildman–Crippen LogP) is 1.56. The third kappa shape index (κ3) is 4.02. The van der Waals surface area contributed by atoms with Crippen molar-refractivity contribution in [3.05, 3.63) is 29.8 Å². The molecule has 0 aromatic heterocycles. The van der Waals surface area contributed by atoms with Gasteiger partial charge >= 0.3 is 0 Å². The van der Waals surface area contributed by atoms with Gasteiger partial charge in [0.05, 0.1) is 5.75 Å². The molecule has 0 amide bonds. The van der Waals surface area contributed by atoms with Gasteiger partial charge in [-0.1, -0.05) is 12.1 Å². The van der Waals surface area contributed by atoms with E-state index in [4.69, 9.17) is 0 Å². The zero-order chi connectivity index (χ0) is 12.3. The Morgan fingerprint density at radius 2 is 1.88 bits per heavy atom. The molecule has 0 spiro atoms. The molecule has 2 rings (SSSR count). The monoisotopic (exact) mass is 254 g/mol. The summed E-state index contributed by atoms with van der Waals surface area (Å²) in [6, 6.07) is 7.45. The van der Waals surface area contributed by atoms with Gasteiger partial charge in [0.25, 0.3) is 0 Å². The smallest absolute Gasteiger partial charge is 0.232 e. The van der Waals surface area contributed by atoms with Crippen LogP contribution in [0.3, 0.4) is 0 Å². The van der Waals surface area contributed by atoms with Crippen LogP contribution in [0.5, 0.6) is 0 Å². The Labute approximate surface area is 102 Å². The van der Waals surface area contributed by atoms with E-state index in [0.717, 1.165) is 24.9 Å². The average Bonchev–Trinajstić information content (AvgIpc) is 3.04. The number of anilines is 1. The number of benzene rings is 1. The normalized spacial score (nSPS) is 15.8. The topological polar surface area (TPSA) is 58.2 Å². The van der Waals surface area contributed by atoms with Gasteiger partial charge < -0.3 is 5.32 Å². The maximum atomic E-state index is 11.7. The van der Waals surface area contributed by atoms with Crippen LogP contribution in [0.2, 0.25) is 0 Å². The fourth-order valence-electron chi connectivity index (χ4n) is 1.71. The largest absolute Gasteiger partial charge is 0.316 e. The highest BCUT2D eigenvalue weighted by molar-refractivity contribution is 7.92. The number of hydrogen-bond acceptors (Lipinski definition) is 3. The molecule has 94 valence electrons. The average molecular weight is 254 g/mol. The predicted molar refractivity (Wildman–Crippen MR) is 69.3 cm³/mol. The highest BCUT2D eigenvalue weighted by atomic mass is 32.2. The second-order valence-corrected chi connectivity index (χ2v) is 6.32. The highest BCUT2D eigenvalue weighted by Gasteiger charge is 2.27. The summed E-state index contributed by atoms with van der Waals surface area (Å²) in [6.07, 6.45) is 2.09. The minimum absolute atomic E-state index is 0.255. The van der Waals surface area contributed by atoms with Crippen molar-refractivity contribution in [3.8, 4) is 0 Å². The van der Waals surface area contributed by atoms with Crippen molar-refractivity contribution in [1.82, 2.24) is 5.32 Å². The number of hydrogen-bond donors (Lipinski definition) is 2. The van der Waals surface area contributed by atoms with Crippen molar-refractivity contribution in [3.63, 3.8) is 0 Å². The number of rotatable bonds is 6. The van der Waals surface area contributed by atoms with Crippen molar-refractivity contribution in [1.29, 1.82) is 0 Å². The molecule has 17 heavy (non-hydrogen) atoms. The van der Waals surface area contributed by atoms with Crippen LogP contribution in [0.1, 0.15) is 18.4 Å². The Kier molecular flexibility index (Phi) is 3.69. The van der Waals surface area contributed by atoms with Gasteiger partial charge in [0.15, 0.2) is 0 Å². The lowest BCUT2D eigenvalue weighted by Gasteiger charge is -2.08. The van der Waals surface area contributed by atoms with Gasteiger partial charge in [-0.3, -0.25) is 4.72 Å². The molecule has 1 fully saturated rings. The summed E-state index contributed by atoms with van der Waals surface area (Å²) >= 11 is 0. The van der Waals surface area contributed by atoms with Crippen LogP contribution in [0.4, 0.5) is 5.69 Å². The second-order valence-electron chi connectivity index (χ2n) is 4.55. The Hall–Kier alpha value is -1.07. The summed E-state index contributed by atoms with van der Waals surface area (Å²) in [5.74, 6) is 0.627. The molecule has 4 nitrogen and oxygen atoms in total. The molecule has 0 bridgehead atoms. The first-order valence-electron chi connectivity index (χ1n) is 5.83. The van der Waals surface area contributed by atoms with Gasteiger partial charge in [-0.15, -0.1) is 0 Å². The Bertz CT molecular complexity index is 464. The van der Waals surface area contributed by atoms with Crippen LogP contribution in [0, 0.1) is 5.92 Å². The molecule has 0 unspecified atom stereocenters. The zero-order valence-electron chi connectivity index (χ0n) is 9.94. The zero-order valence-corrected chi connectivity index (χ0v) is 10.8. The molecule has 0 atom stereocenters. The molecule has 1 aliphatic carbocycles. The van der Waals surface area contributed by atoms with Gasteiger partial charge in [-0.25, -0.2) is 8.42 Å². The summed E-state index contributed by atoms with van der Waals surface area (Å²) in [7, 11) is -1.28. The van der Waals surface area contributed by atoms with Crippen LogP contribution in [-0.2, 0) is 16.6 Å². The maximum absolute atomic E-state index is 11.7. The van der Waals surface area contributed by atoms with E-state index in [1.807, 2.05) is 19.2 Å². The maximum Gasteiger partial charge on any atom is 0.232 e.